The smallest absolute Gasteiger partial charge is 0.0780 e. The molecule has 0 radical (unpaired) electrons. The SMILES string of the molecule is CCc1ccc(CC(N)=S)s1. The van der Waals surface area contributed by atoms with Crippen LogP contribution in [0.15, 0.2) is 12.1 Å². The van der Waals surface area contributed by atoms with E-state index in [-0.39, 0.29) is 0 Å². The Hall–Kier alpha value is -0.410. The first-order valence-corrected chi connectivity index (χ1v) is 4.80. The van der Waals surface area contributed by atoms with Crippen LogP contribution in [0.4, 0.5) is 0 Å². The van der Waals surface area contributed by atoms with Gasteiger partial charge >= 0.3 is 0 Å². The monoisotopic (exact) mass is 185 g/mol. The quantitative estimate of drug-likeness (QED) is 0.730. The summed E-state index contributed by atoms with van der Waals surface area (Å²) in [7, 11) is 0. The molecule has 0 unspecified atom stereocenters. The number of hydrogen-bond donors (Lipinski definition) is 1. The largest absolute Gasteiger partial charge is 0.393 e. The van der Waals surface area contributed by atoms with Crippen LogP contribution in [0.1, 0.15) is 16.7 Å². The second kappa shape index (κ2) is 3.83. The highest BCUT2D eigenvalue weighted by atomic mass is 32.1. The number of rotatable bonds is 3. The maximum absolute atomic E-state index is 5.41. The zero-order valence-corrected chi connectivity index (χ0v) is 8.10. The maximum atomic E-state index is 5.41. The van der Waals surface area contributed by atoms with Crippen molar-refractivity contribution in [2.24, 2.45) is 5.73 Å². The summed E-state index contributed by atoms with van der Waals surface area (Å²) in [5.74, 6) is 0. The van der Waals surface area contributed by atoms with E-state index in [2.05, 4.69) is 19.1 Å². The molecule has 0 bridgehead atoms. The van der Waals surface area contributed by atoms with Crippen LogP contribution in [0.3, 0.4) is 0 Å². The van der Waals surface area contributed by atoms with Crippen LogP contribution < -0.4 is 5.73 Å². The average Bonchev–Trinajstić information content (AvgIpc) is 2.34. The molecule has 1 aromatic heterocycles. The number of nitrogens with two attached hydrogens (primary N) is 1. The van der Waals surface area contributed by atoms with Gasteiger partial charge in [0.15, 0.2) is 0 Å². The lowest BCUT2D eigenvalue weighted by molar-refractivity contribution is 1.19. The van der Waals surface area contributed by atoms with Crippen molar-refractivity contribution in [2.75, 3.05) is 0 Å². The van der Waals surface area contributed by atoms with Crippen molar-refractivity contribution in [1.82, 2.24) is 0 Å². The average molecular weight is 185 g/mol. The molecular formula is C8H11NS2. The molecule has 0 aromatic carbocycles. The van der Waals surface area contributed by atoms with Gasteiger partial charge in [0.05, 0.1) is 4.99 Å². The van der Waals surface area contributed by atoms with Gasteiger partial charge in [-0.3, -0.25) is 0 Å². The lowest BCUT2D eigenvalue weighted by Gasteiger charge is -1.91. The summed E-state index contributed by atoms with van der Waals surface area (Å²) >= 11 is 6.60. The fourth-order valence-corrected chi connectivity index (χ4v) is 2.11. The highest BCUT2D eigenvalue weighted by Gasteiger charge is 1.98. The van der Waals surface area contributed by atoms with Gasteiger partial charge in [-0.05, 0) is 18.6 Å². The van der Waals surface area contributed by atoms with E-state index in [9.17, 15) is 0 Å². The van der Waals surface area contributed by atoms with Crippen molar-refractivity contribution in [3.8, 4) is 0 Å². The molecule has 1 aromatic rings. The number of thiocarbonyl (C=S) groups is 1. The molecule has 0 amide bonds. The maximum Gasteiger partial charge on any atom is 0.0780 e. The molecule has 60 valence electrons. The van der Waals surface area contributed by atoms with Crippen molar-refractivity contribution < 1.29 is 0 Å². The van der Waals surface area contributed by atoms with Gasteiger partial charge in [0.2, 0.25) is 0 Å². The van der Waals surface area contributed by atoms with Crippen LogP contribution in [-0.4, -0.2) is 4.99 Å². The standard InChI is InChI=1S/C8H11NS2/c1-2-6-3-4-7(11-6)5-8(9)10/h3-4H,2,5H2,1H3,(H2,9,10). The van der Waals surface area contributed by atoms with Crippen LogP contribution in [0.5, 0.6) is 0 Å². The Morgan fingerprint density at radius 2 is 2.18 bits per heavy atom. The lowest BCUT2D eigenvalue weighted by atomic mass is 10.3. The summed E-state index contributed by atoms with van der Waals surface area (Å²) in [6, 6.07) is 4.24. The molecule has 0 atom stereocenters. The van der Waals surface area contributed by atoms with Gasteiger partial charge in [0.1, 0.15) is 0 Å². The van der Waals surface area contributed by atoms with E-state index in [4.69, 9.17) is 18.0 Å². The Morgan fingerprint density at radius 1 is 1.55 bits per heavy atom. The number of aryl methyl sites for hydroxylation is 1. The van der Waals surface area contributed by atoms with Crippen LogP contribution in [-0.2, 0) is 12.8 Å². The fraction of sp³-hybridized carbons (Fsp3) is 0.375. The van der Waals surface area contributed by atoms with Crippen LogP contribution >= 0.6 is 23.6 Å². The molecule has 0 aliphatic rings. The highest BCUT2D eigenvalue weighted by molar-refractivity contribution is 7.80. The molecule has 0 aliphatic heterocycles. The topological polar surface area (TPSA) is 26.0 Å². The summed E-state index contributed by atoms with van der Waals surface area (Å²) in [6.07, 6.45) is 1.85. The Labute approximate surface area is 76.2 Å². The first kappa shape index (κ1) is 8.68. The van der Waals surface area contributed by atoms with E-state index in [0.29, 0.717) is 4.99 Å². The summed E-state index contributed by atoms with van der Waals surface area (Å²) in [5.41, 5.74) is 5.41. The predicted octanol–water partition coefficient (Wildman–Crippen LogP) is 2.14. The van der Waals surface area contributed by atoms with Crippen molar-refractivity contribution in [2.45, 2.75) is 19.8 Å². The summed E-state index contributed by atoms with van der Waals surface area (Å²) in [5, 5.41) is 0. The van der Waals surface area contributed by atoms with Gasteiger partial charge in [0.25, 0.3) is 0 Å². The minimum absolute atomic E-state index is 0.578. The lowest BCUT2D eigenvalue weighted by Crippen LogP contribution is -2.09. The summed E-state index contributed by atoms with van der Waals surface area (Å²) in [6.45, 7) is 2.15. The molecular weight excluding hydrogens is 174 g/mol. The van der Waals surface area contributed by atoms with Crippen LogP contribution in [0.2, 0.25) is 0 Å². The molecule has 11 heavy (non-hydrogen) atoms. The first-order chi connectivity index (χ1) is 5.22. The van der Waals surface area contributed by atoms with Crippen molar-refractivity contribution in [1.29, 1.82) is 0 Å². The highest BCUT2D eigenvalue weighted by Crippen LogP contribution is 2.17. The van der Waals surface area contributed by atoms with Crippen molar-refractivity contribution in [3.05, 3.63) is 21.9 Å². The Kier molecular flexibility index (Phi) is 3.02. The van der Waals surface area contributed by atoms with E-state index in [1.165, 1.54) is 9.75 Å². The van der Waals surface area contributed by atoms with Gasteiger partial charge in [0, 0.05) is 16.2 Å². The van der Waals surface area contributed by atoms with Crippen molar-refractivity contribution in [3.63, 3.8) is 0 Å². The molecule has 1 heterocycles. The Bertz CT molecular complexity index is 252. The molecule has 1 nitrogen and oxygen atoms in total. The van der Waals surface area contributed by atoms with Gasteiger partial charge in [-0.25, -0.2) is 0 Å². The minimum Gasteiger partial charge on any atom is -0.393 e. The second-order valence-corrected chi connectivity index (χ2v) is 4.14. The third-order valence-electron chi connectivity index (χ3n) is 1.41. The van der Waals surface area contributed by atoms with E-state index >= 15 is 0 Å². The molecule has 0 saturated heterocycles. The van der Waals surface area contributed by atoms with Crippen LogP contribution in [0.25, 0.3) is 0 Å². The zero-order valence-electron chi connectivity index (χ0n) is 6.46. The number of thiophene rings is 1. The molecule has 0 aliphatic carbocycles. The van der Waals surface area contributed by atoms with Gasteiger partial charge in [-0.15, -0.1) is 11.3 Å². The molecule has 3 heteroatoms. The van der Waals surface area contributed by atoms with Crippen LogP contribution in [0, 0.1) is 0 Å². The second-order valence-electron chi connectivity index (χ2n) is 2.36. The molecule has 0 fully saturated rings. The van der Waals surface area contributed by atoms with E-state index in [0.717, 1.165) is 12.8 Å². The normalized spacial score (nSPS) is 9.91. The molecule has 2 N–H and O–H groups in total. The fourth-order valence-electron chi connectivity index (χ4n) is 0.879. The van der Waals surface area contributed by atoms with Gasteiger partial charge in [-0.2, -0.15) is 0 Å². The van der Waals surface area contributed by atoms with Gasteiger partial charge < -0.3 is 5.73 Å². The Balaban J connectivity index is 2.65. The third-order valence-corrected chi connectivity index (χ3v) is 2.79. The first-order valence-electron chi connectivity index (χ1n) is 3.58. The Morgan fingerprint density at radius 3 is 2.64 bits per heavy atom. The summed E-state index contributed by atoms with van der Waals surface area (Å²) < 4.78 is 0. The summed E-state index contributed by atoms with van der Waals surface area (Å²) in [4.78, 5) is 3.25. The van der Waals surface area contributed by atoms with Crippen molar-refractivity contribution >= 4 is 28.5 Å². The molecule has 0 spiro atoms. The van der Waals surface area contributed by atoms with E-state index in [1.54, 1.807) is 11.3 Å². The van der Waals surface area contributed by atoms with E-state index in [1.807, 2.05) is 0 Å². The van der Waals surface area contributed by atoms with Gasteiger partial charge in [-0.1, -0.05) is 19.1 Å². The van der Waals surface area contributed by atoms with E-state index < -0.39 is 0 Å². The minimum atomic E-state index is 0.578. The number of hydrogen-bond acceptors (Lipinski definition) is 2. The molecule has 1 rings (SSSR count). The zero-order chi connectivity index (χ0) is 8.27. The predicted molar refractivity (Wildman–Crippen MR) is 54.2 cm³/mol. The molecule has 0 saturated carbocycles. The third kappa shape index (κ3) is 2.60.